The van der Waals surface area contributed by atoms with Gasteiger partial charge >= 0.3 is 0 Å². The molecule has 0 unspecified atom stereocenters. The van der Waals surface area contributed by atoms with Crippen LogP contribution in [0.25, 0.3) is 38.9 Å². The largest absolute Gasteiger partial charge is 0.299 e. The van der Waals surface area contributed by atoms with Crippen molar-refractivity contribution in [2.45, 2.75) is 0 Å². The molecular formula is C25H14N4. The predicted molar refractivity (Wildman–Crippen MR) is 113 cm³/mol. The van der Waals surface area contributed by atoms with Gasteiger partial charge in [0, 0.05) is 17.3 Å². The molecule has 0 spiro atoms. The second kappa shape index (κ2) is 6.64. The highest BCUT2D eigenvalue weighted by Crippen LogP contribution is 2.42. The van der Waals surface area contributed by atoms with Crippen LogP contribution in [0.3, 0.4) is 0 Å². The van der Waals surface area contributed by atoms with Gasteiger partial charge in [0.15, 0.2) is 0 Å². The maximum Gasteiger partial charge on any atom is 0.137 e. The van der Waals surface area contributed by atoms with Gasteiger partial charge < -0.3 is 0 Å². The SMILES string of the molecule is N#Cc1c(-c2ccccc2)c(-c2ccccc2)c2c(nc3ccccn32)c1C#N. The lowest BCUT2D eigenvalue weighted by molar-refractivity contribution is 1.23. The van der Waals surface area contributed by atoms with E-state index in [1.54, 1.807) is 0 Å². The van der Waals surface area contributed by atoms with Crippen LogP contribution in [-0.2, 0) is 0 Å². The molecule has 5 rings (SSSR count). The van der Waals surface area contributed by atoms with Crippen molar-refractivity contribution in [3.63, 3.8) is 0 Å². The lowest BCUT2D eigenvalue weighted by Crippen LogP contribution is -1.98. The molecule has 134 valence electrons. The van der Waals surface area contributed by atoms with Gasteiger partial charge in [-0.25, -0.2) is 4.98 Å². The minimum atomic E-state index is 0.310. The summed E-state index contributed by atoms with van der Waals surface area (Å²) >= 11 is 0. The van der Waals surface area contributed by atoms with Gasteiger partial charge in [0.25, 0.3) is 0 Å². The van der Waals surface area contributed by atoms with E-state index in [0.717, 1.165) is 33.4 Å². The number of nitriles is 2. The Hall–Kier alpha value is -4.41. The Morgan fingerprint density at radius 3 is 1.86 bits per heavy atom. The quantitative estimate of drug-likeness (QED) is 0.408. The summed E-state index contributed by atoms with van der Waals surface area (Å²) in [7, 11) is 0. The topological polar surface area (TPSA) is 64.9 Å². The minimum Gasteiger partial charge on any atom is -0.299 e. The molecule has 29 heavy (non-hydrogen) atoms. The molecule has 0 saturated heterocycles. The number of imidazole rings is 1. The van der Waals surface area contributed by atoms with Crippen LogP contribution in [-0.4, -0.2) is 9.38 Å². The lowest BCUT2D eigenvalue weighted by Gasteiger charge is -2.15. The Labute approximate surface area is 167 Å². The molecule has 0 aliphatic carbocycles. The van der Waals surface area contributed by atoms with E-state index in [4.69, 9.17) is 4.98 Å². The maximum absolute atomic E-state index is 10.1. The third kappa shape index (κ3) is 2.48. The molecule has 2 heterocycles. The summed E-state index contributed by atoms with van der Waals surface area (Å²) in [5.41, 5.74) is 6.32. The molecule has 0 fully saturated rings. The van der Waals surface area contributed by atoms with Gasteiger partial charge in [0.1, 0.15) is 23.3 Å². The van der Waals surface area contributed by atoms with E-state index in [1.807, 2.05) is 89.5 Å². The molecular weight excluding hydrogens is 356 g/mol. The summed E-state index contributed by atoms with van der Waals surface area (Å²) in [5, 5.41) is 20.0. The summed E-state index contributed by atoms with van der Waals surface area (Å²) in [4.78, 5) is 4.70. The van der Waals surface area contributed by atoms with Gasteiger partial charge in [0.2, 0.25) is 0 Å². The first-order valence-corrected chi connectivity index (χ1v) is 9.21. The minimum absolute atomic E-state index is 0.310. The van der Waals surface area contributed by atoms with Crippen molar-refractivity contribution in [2.75, 3.05) is 0 Å². The number of aromatic nitrogens is 2. The molecule has 0 N–H and O–H groups in total. The molecule has 5 aromatic rings. The van der Waals surface area contributed by atoms with Gasteiger partial charge in [-0.05, 0) is 23.3 Å². The maximum atomic E-state index is 10.1. The van der Waals surface area contributed by atoms with Gasteiger partial charge in [0.05, 0.1) is 16.6 Å². The predicted octanol–water partition coefficient (Wildman–Crippen LogP) is 5.56. The molecule has 0 bridgehead atoms. The molecule has 0 aliphatic rings. The summed E-state index contributed by atoms with van der Waals surface area (Å²) < 4.78 is 1.99. The number of benzene rings is 3. The van der Waals surface area contributed by atoms with E-state index >= 15 is 0 Å². The monoisotopic (exact) mass is 370 g/mol. The van der Waals surface area contributed by atoms with Crippen LogP contribution >= 0.6 is 0 Å². The van der Waals surface area contributed by atoms with E-state index < -0.39 is 0 Å². The normalized spacial score (nSPS) is 10.7. The number of fused-ring (bicyclic) bond motifs is 3. The Kier molecular flexibility index (Phi) is 3.83. The van der Waals surface area contributed by atoms with E-state index in [-0.39, 0.29) is 0 Å². The molecule has 4 heteroatoms. The van der Waals surface area contributed by atoms with Gasteiger partial charge in [-0.15, -0.1) is 0 Å². The molecule has 3 aromatic carbocycles. The second-order valence-corrected chi connectivity index (χ2v) is 6.69. The standard InChI is InChI=1S/C25H14N4/c26-15-19-20(16-27)24-25(29-14-8-7-13-21(29)28-24)23(18-11-5-2-6-12-18)22(19)17-9-3-1-4-10-17/h1-14H. The zero-order chi connectivity index (χ0) is 19.8. The van der Waals surface area contributed by atoms with Gasteiger partial charge in [-0.1, -0.05) is 66.7 Å². The molecule has 2 aromatic heterocycles. The van der Waals surface area contributed by atoms with E-state index in [1.165, 1.54) is 0 Å². The van der Waals surface area contributed by atoms with Crippen molar-refractivity contribution < 1.29 is 0 Å². The van der Waals surface area contributed by atoms with Crippen LogP contribution in [0.5, 0.6) is 0 Å². The highest BCUT2D eigenvalue weighted by Gasteiger charge is 2.25. The first kappa shape index (κ1) is 16.7. The van der Waals surface area contributed by atoms with Crippen LogP contribution in [0.1, 0.15) is 11.1 Å². The van der Waals surface area contributed by atoms with E-state index in [9.17, 15) is 10.5 Å². The second-order valence-electron chi connectivity index (χ2n) is 6.69. The van der Waals surface area contributed by atoms with Gasteiger partial charge in [-0.2, -0.15) is 10.5 Å². The highest BCUT2D eigenvalue weighted by atomic mass is 15.0. The van der Waals surface area contributed by atoms with Crippen LogP contribution in [0, 0.1) is 22.7 Å². The zero-order valence-corrected chi connectivity index (χ0v) is 15.4. The molecule has 4 nitrogen and oxygen atoms in total. The van der Waals surface area contributed by atoms with E-state index in [2.05, 4.69) is 12.1 Å². The van der Waals surface area contributed by atoms with Crippen molar-refractivity contribution in [1.82, 2.24) is 9.38 Å². The van der Waals surface area contributed by atoms with Crippen LogP contribution in [0.2, 0.25) is 0 Å². The number of hydrogen-bond donors (Lipinski definition) is 0. The molecule has 0 radical (unpaired) electrons. The molecule has 0 saturated carbocycles. The summed E-state index contributed by atoms with van der Waals surface area (Å²) in [5.74, 6) is 0. The van der Waals surface area contributed by atoms with Crippen LogP contribution in [0.15, 0.2) is 85.1 Å². The number of pyridine rings is 1. The van der Waals surface area contributed by atoms with Crippen molar-refractivity contribution >= 4 is 16.7 Å². The molecule has 0 amide bonds. The fraction of sp³-hybridized carbons (Fsp3) is 0. The molecule has 0 atom stereocenters. The Morgan fingerprint density at radius 2 is 1.24 bits per heavy atom. The third-order valence-electron chi connectivity index (χ3n) is 5.10. The van der Waals surface area contributed by atoms with Crippen molar-refractivity contribution in [1.29, 1.82) is 10.5 Å². The third-order valence-corrected chi connectivity index (χ3v) is 5.10. The summed E-state index contributed by atoms with van der Waals surface area (Å²) in [6, 6.07) is 30.0. The fourth-order valence-corrected chi connectivity index (χ4v) is 3.90. The van der Waals surface area contributed by atoms with Crippen molar-refractivity contribution in [2.24, 2.45) is 0 Å². The number of nitrogens with zero attached hydrogens (tertiary/aromatic N) is 4. The average molecular weight is 370 g/mol. The number of hydrogen-bond acceptors (Lipinski definition) is 3. The summed E-state index contributed by atoms with van der Waals surface area (Å²) in [6.07, 6.45) is 1.94. The Bertz CT molecular complexity index is 1450. The zero-order valence-electron chi connectivity index (χ0n) is 15.4. The molecule has 0 aliphatic heterocycles. The average Bonchev–Trinajstić information content (AvgIpc) is 3.17. The van der Waals surface area contributed by atoms with Crippen molar-refractivity contribution in [3.05, 3.63) is 96.2 Å². The van der Waals surface area contributed by atoms with Crippen LogP contribution < -0.4 is 0 Å². The van der Waals surface area contributed by atoms with Crippen molar-refractivity contribution in [3.8, 4) is 34.4 Å². The van der Waals surface area contributed by atoms with Crippen LogP contribution in [0.4, 0.5) is 0 Å². The first-order valence-electron chi connectivity index (χ1n) is 9.21. The number of rotatable bonds is 2. The Balaban J connectivity index is 2.11. The van der Waals surface area contributed by atoms with E-state index in [0.29, 0.717) is 16.6 Å². The Morgan fingerprint density at radius 1 is 0.655 bits per heavy atom. The lowest BCUT2D eigenvalue weighted by atomic mass is 9.87. The first-order chi connectivity index (χ1) is 14.3. The van der Waals surface area contributed by atoms with Gasteiger partial charge in [-0.3, -0.25) is 4.40 Å². The fourth-order valence-electron chi connectivity index (χ4n) is 3.90. The smallest absolute Gasteiger partial charge is 0.137 e. The highest BCUT2D eigenvalue weighted by molar-refractivity contribution is 6.07. The summed E-state index contributed by atoms with van der Waals surface area (Å²) in [6.45, 7) is 0.